The van der Waals surface area contributed by atoms with Crippen molar-refractivity contribution in [2.24, 2.45) is 4.99 Å². The number of aliphatic imine (C=N–C) groups is 1. The molecule has 0 amide bonds. The number of amidine groups is 1. The Morgan fingerprint density at radius 1 is 1.27 bits per heavy atom. The van der Waals surface area contributed by atoms with E-state index in [0.29, 0.717) is 18.1 Å². The van der Waals surface area contributed by atoms with E-state index in [1.807, 2.05) is 48.2 Å². The number of benzene rings is 1. The summed E-state index contributed by atoms with van der Waals surface area (Å²) in [6.07, 6.45) is 3.84. The lowest BCUT2D eigenvalue weighted by Crippen LogP contribution is -2.45. The molecule has 3 N–H and O–H groups in total. The molecular weight excluding hydrogens is 406 g/mol. The van der Waals surface area contributed by atoms with Gasteiger partial charge in [0, 0.05) is 17.4 Å². The number of aromatic nitrogens is 2. The Hall–Kier alpha value is -3.15. The van der Waals surface area contributed by atoms with Crippen LogP contribution in [0.25, 0.3) is 0 Å². The van der Waals surface area contributed by atoms with Crippen molar-refractivity contribution in [3.63, 3.8) is 0 Å². The molecule has 2 aliphatic rings. The van der Waals surface area contributed by atoms with Crippen LogP contribution >= 0.6 is 0 Å². The molecule has 1 radical (unpaired) electrons. The van der Waals surface area contributed by atoms with E-state index in [1.165, 1.54) is 14.2 Å². The van der Waals surface area contributed by atoms with Gasteiger partial charge in [0.05, 0.1) is 13.3 Å². The molecule has 30 heavy (non-hydrogen) atoms. The van der Waals surface area contributed by atoms with Crippen LogP contribution in [0, 0.1) is 6.92 Å². The van der Waals surface area contributed by atoms with Crippen molar-refractivity contribution in [3.05, 3.63) is 53.9 Å². The molecule has 11 heteroatoms. The average molecular weight is 430 g/mol. The normalized spacial score (nSPS) is 16.7. The fourth-order valence-corrected chi connectivity index (χ4v) is 4.22. The van der Waals surface area contributed by atoms with Gasteiger partial charge in [-0.1, -0.05) is 0 Å². The number of hydrogen-bond acceptors (Lipinski definition) is 8. The highest BCUT2D eigenvalue weighted by Gasteiger charge is 2.39. The Labute approximate surface area is 175 Å². The second-order valence-corrected chi connectivity index (χ2v) is 8.77. The molecule has 4 rings (SSSR count). The Bertz CT molecular complexity index is 1180. The van der Waals surface area contributed by atoms with Gasteiger partial charge in [0.2, 0.25) is 10.0 Å². The first-order valence-corrected chi connectivity index (χ1v) is 10.7. The molecule has 0 bridgehead atoms. The van der Waals surface area contributed by atoms with Crippen molar-refractivity contribution in [2.45, 2.75) is 18.7 Å². The van der Waals surface area contributed by atoms with Gasteiger partial charge in [-0.15, -0.1) is 0 Å². The van der Waals surface area contributed by atoms with Gasteiger partial charge in [-0.3, -0.25) is 10.4 Å². The van der Waals surface area contributed by atoms with Crippen LogP contribution in [0.2, 0.25) is 0 Å². The molecule has 1 aromatic carbocycles. The summed E-state index contributed by atoms with van der Waals surface area (Å²) < 4.78 is 32.5. The van der Waals surface area contributed by atoms with E-state index in [-0.39, 0.29) is 10.6 Å². The van der Waals surface area contributed by atoms with Gasteiger partial charge in [0.1, 0.15) is 22.9 Å². The zero-order chi connectivity index (χ0) is 21.5. The summed E-state index contributed by atoms with van der Waals surface area (Å²) in [7, 11) is -0.878. The van der Waals surface area contributed by atoms with Crippen molar-refractivity contribution in [2.75, 3.05) is 30.9 Å². The highest BCUT2D eigenvalue weighted by atomic mass is 32.2. The molecule has 0 aliphatic carbocycles. The van der Waals surface area contributed by atoms with Crippen molar-refractivity contribution < 1.29 is 13.2 Å². The van der Waals surface area contributed by atoms with Gasteiger partial charge < -0.3 is 9.64 Å². The van der Waals surface area contributed by atoms with E-state index in [4.69, 9.17) is 4.74 Å². The fraction of sp³-hybridized carbons (Fsp3) is 0.263. The van der Waals surface area contributed by atoms with Crippen molar-refractivity contribution >= 4 is 27.4 Å². The van der Waals surface area contributed by atoms with E-state index in [0.717, 1.165) is 23.0 Å². The number of aromatic amines is 1. The molecule has 157 valence electrons. The number of methoxy groups -OCH3 is 1. The summed E-state index contributed by atoms with van der Waals surface area (Å²) in [4.78, 5) is 8.56. The maximum Gasteiger partial charge on any atom is 0.284 e. The van der Waals surface area contributed by atoms with Crippen molar-refractivity contribution in [3.8, 4) is 5.75 Å². The number of hydrogen-bond donors (Lipinski definition) is 3. The number of nitrogens with zero attached hydrogens (tertiary/aromatic N) is 4. The number of sulfonamides is 1. The third-order valence-corrected chi connectivity index (χ3v) is 6.18. The molecule has 0 saturated carbocycles. The lowest BCUT2D eigenvalue weighted by Gasteiger charge is -2.26. The topological polar surface area (TPSA) is 118 Å². The largest absolute Gasteiger partial charge is 0.495 e. The Balaban J connectivity index is 1.75. The number of rotatable bonds is 6. The summed E-state index contributed by atoms with van der Waals surface area (Å²) in [5, 5.41) is 10.4. The summed E-state index contributed by atoms with van der Waals surface area (Å²) in [6, 6.07) is 6.94. The van der Waals surface area contributed by atoms with Crippen LogP contribution in [0.1, 0.15) is 12.6 Å². The van der Waals surface area contributed by atoms with Gasteiger partial charge in [-0.05, 0) is 44.0 Å². The van der Waals surface area contributed by atoms with Gasteiger partial charge in [0.25, 0.3) is 11.7 Å². The molecule has 0 saturated heterocycles. The first-order valence-electron chi connectivity index (χ1n) is 9.25. The Kier molecular flexibility index (Phi) is 5.10. The third-order valence-electron chi connectivity index (χ3n) is 4.75. The highest BCUT2D eigenvalue weighted by Crippen LogP contribution is 2.31. The maximum atomic E-state index is 12.5. The van der Waals surface area contributed by atoms with Crippen LogP contribution in [0.4, 0.5) is 11.5 Å². The summed E-state index contributed by atoms with van der Waals surface area (Å²) in [5.41, 5.74) is 2.50. The molecule has 0 unspecified atom stereocenters. The Morgan fingerprint density at radius 2 is 2.07 bits per heavy atom. The fourth-order valence-electron chi connectivity index (χ4n) is 3.31. The van der Waals surface area contributed by atoms with Crippen LogP contribution < -0.4 is 24.6 Å². The van der Waals surface area contributed by atoms with E-state index in [1.54, 1.807) is 12.1 Å². The second-order valence-electron chi connectivity index (χ2n) is 6.91. The quantitative estimate of drug-likeness (QED) is 0.603. The zero-order valence-electron chi connectivity index (χ0n) is 17.1. The number of aryl methyl sites for hydroxylation is 1. The molecule has 0 fully saturated rings. The number of ether oxygens (including phenoxy) is 1. The van der Waals surface area contributed by atoms with Crippen molar-refractivity contribution in [1.82, 2.24) is 19.8 Å². The number of anilines is 2. The highest BCUT2D eigenvalue weighted by molar-refractivity contribution is 7.89. The molecule has 2 aromatic rings. The van der Waals surface area contributed by atoms with Crippen molar-refractivity contribution in [1.29, 1.82) is 0 Å². The lowest BCUT2D eigenvalue weighted by atomic mass is 10.2. The minimum absolute atomic E-state index is 0.0703. The summed E-state index contributed by atoms with van der Waals surface area (Å²) >= 11 is 0. The summed E-state index contributed by atoms with van der Waals surface area (Å²) in [6.45, 7) is 4.33. The molecule has 2 aliphatic heterocycles. The minimum Gasteiger partial charge on any atom is -0.495 e. The predicted molar refractivity (Wildman–Crippen MR) is 115 cm³/mol. The molecule has 10 nitrogen and oxygen atoms in total. The maximum absolute atomic E-state index is 12.5. The smallest absolute Gasteiger partial charge is 0.284 e. The number of H-pyrrole nitrogens is 1. The first kappa shape index (κ1) is 20.1. The monoisotopic (exact) mass is 429 g/mol. The average Bonchev–Trinajstić information content (AvgIpc) is 3.31. The summed E-state index contributed by atoms with van der Waals surface area (Å²) in [5.74, 6) is 2.51. The van der Waals surface area contributed by atoms with E-state index >= 15 is 0 Å². The van der Waals surface area contributed by atoms with E-state index < -0.39 is 10.0 Å². The van der Waals surface area contributed by atoms with E-state index in [9.17, 15) is 8.42 Å². The molecular formula is C19H23N7O3S+. The first-order chi connectivity index (χ1) is 14.3. The third kappa shape index (κ3) is 3.70. The van der Waals surface area contributed by atoms with Crippen LogP contribution in [0.3, 0.4) is 0 Å². The van der Waals surface area contributed by atoms with Gasteiger partial charge in [0.15, 0.2) is 12.0 Å². The standard InChI is InChI=1S/C19H23N7O3S/c1-12-7-17(24-23-12)22-19-11-25(10-18-21-13(2)9-26(18)19)14-5-6-15(29-4)16(8-14)30(27,28)20-3/h5-9,11,20H,10H2,1-4H3,(H2,22,23,24)/q+1. The van der Waals surface area contributed by atoms with Gasteiger partial charge in [-0.25, -0.2) is 13.1 Å². The zero-order valence-corrected chi connectivity index (χ0v) is 17.9. The molecule has 0 spiro atoms. The van der Waals surface area contributed by atoms with Crippen LogP contribution in [0.15, 0.2) is 58.1 Å². The minimum atomic E-state index is -3.69. The SMILES string of the molecule is CNS(=O)(=O)c1cc(N2C=C(Nc3cc(C)[nH]n3)[N+]3C=C(C)N=C3C2)ccc1OC. The van der Waals surface area contributed by atoms with Gasteiger partial charge >= 0.3 is 0 Å². The van der Waals surface area contributed by atoms with Crippen LogP contribution in [-0.4, -0.2) is 45.2 Å². The number of nitrogens with one attached hydrogen (secondary N) is 3. The lowest BCUT2D eigenvalue weighted by molar-refractivity contribution is 0.402. The number of allylic oxidation sites excluding steroid dienone is 1. The van der Waals surface area contributed by atoms with Gasteiger partial charge in [-0.2, -0.15) is 10.1 Å². The second kappa shape index (κ2) is 7.59. The molecule has 0 atom stereocenters. The molecule has 3 heterocycles. The molecule has 1 aromatic heterocycles. The van der Waals surface area contributed by atoms with Crippen LogP contribution in [-0.2, 0) is 10.0 Å². The Morgan fingerprint density at radius 3 is 2.73 bits per heavy atom. The predicted octanol–water partition coefficient (Wildman–Crippen LogP) is 1.78. The number of fused-ring (bicyclic) bond motifs is 1. The van der Waals surface area contributed by atoms with Crippen LogP contribution in [0.5, 0.6) is 5.75 Å². The van der Waals surface area contributed by atoms with E-state index in [2.05, 4.69) is 25.2 Å².